The molecule has 170 valence electrons. The molecule has 4 aromatic rings. The Labute approximate surface area is 192 Å². The molecule has 0 radical (unpaired) electrons. The molecule has 1 fully saturated rings. The molecule has 0 amide bonds. The van der Waals surface area contributed by atoms with E-state index in [1.54, 1.807) is 0 Å². The van der Waals surface area contributed by atoms with E-state index >= 15 is 0 Å². The lowest BCUT2D eigenvalue weighted by molar-refractivity contribution is 0.0691. The van der Waals surface area contributed by atoms with E-state index < -0.39 is 6.10 Å². The van der Waals surface area contributed by atoms with Gasteiger partial charge in [-0.3, -0.25) is 10.00 Å². The Balaban J connectivity index is 1.09. The zero-order valence-electron chi connectivity index (χ0n) is 18.5. The van der Waals surface area contributed by atoms with Crippen molar-refractivity contribution in [1.29, 1.82) is 0 Å². The molecule has 0 bridgehead atoms. The van der Waals surface area contributed by atoms with Crippen LogP contribution in [0.2, 0.25) is 0 Å². The van der Waals surface area contributed by atoms with E-state index in [1.165, 1.54) is 12.8 Å². The molecule has 0 spiro atoms. The van der Waals surface area contributed by atoms with Crippen LogP contribution in [0.4, 0.5) is 0 Å². The Morgan fingerprint density at radius 1 is 1.09 bits per heavy atom. The summed E-state index contributed by atoms with van der Waals surface area (Å²) in [5.41, 5.74) is 2.14. The lowest BCUT2D eigenvalue weighted by atomic mass is 10.00. The Morgan fingerprint density at radius 2 is 1.97 bits per heavy atom. The van der Waals surface area contributed by atoms with Gasteiger partial charge < -0.3 is 9.84 Å². The molecule has 3 heterocycles. The van der Waals surface area contributed by atoms with Gasteiger partial charge in [-0.1, -0.05) is 24.3 Å². The van der Waals surface area contributed by atoms with Gasteiger partial charge >= 0.3 is 0 Å². The highest BCUT2D eigenvalue weighted by Gasteiger charge is 2.29. The fourth-order valence-corrected chi connectivity index (χ4v) is 4.64. The van der Waals surface area contributed by atoms with Gasteiger partial charge in [0.25, 0.3) is 0 Å². The predicted molar refractivity (Wildman–Crippen MR) is 125 cm³/mol. The number of benzene rings is 2. The molecule has 2 aromatic heterocycles. The molecule has 6 rings (SSSR count). The lowest BCUT2D eigenvalue weighted by Crippen LogP contribution is -2.37. The van der Waals surface area contributed by atoms with Crippen molar-refractivity contribution >= 4 is 10.8 Å². The number of nitrogens with one attached hydrogen (secondary N) is 1. The van der Waals surface area contributed by atoms with Crippen LogP contribution in [0.25, 0.3) is 21.9 Å². The molecule has 1 aliphatic heterocycles. The molecule has 2 aliphatic rings. The van der Waals surface area contributed by atoms with E-state index in [2.05, 4.69) is 31.9 Å². The second kappa shape index (κ2) is 8.61. The topological polar surface area (TPSA) is 92.1 Å². The lowest BCUT2D eigenvalue weighted by Gasteiger charge is -2.23. The fraction of sp³-hybridized carbons (Fsp3) is 0.400. The number of ether oxygens (including phenoxy) is 1. The van der Waals surface area contributed by atoms with Crippen LogP contribution in [0.1, 0.15) is 30.4 Å². The number of hydrogen-bond acceptors (Lipinski definition) is 6. The van der Waals surface area contributed by atoms with Gasteiger partial charge in [-0.25, -0.2) is 9.67 Å². The van der Waals surface area contributed by atoms with E-state index in [1.807, 2.05) is 36.7 Å². The van der Waals surface area contributed by atoms with E-state index in [0.717, 1.165) is 65.4 Å². The molecule has 1 atom stereocenters. The Kier molecular flexibility index (Phi) is 5.32. The molecule has 1 unspecified atom stereocenters. The van der Waals surface area contributed by atoms with Crippen LogP contribution in [-0.2, 0) is 13.0 Å². The summed E-state index contributed by atoms with van der Waals surface area (Å²) in [6, 6.07) is 12.2. The first-order valence-corrected chi connectivity index (χ1v) is 11.7. The summed E-state index contributed by atoms with van der Waals surface area (Å²) in [6.45, 7) is 3.39. The average molecular weight is 445 g/mol. The molecule has 8 heteroatoms. The van der Waals surface area contributed by atoms with Crippen molar-refractivity contribution in [1.82, 2.24) is 29.9 Å². The van der Waals surface area contributed by atoms with Gasteiger partial charge in [0.15, 0.2) is 5.82 Å². The number of β-amino-alcohol motifs (C(OH)–C–C–N with tert-alkyl or cyclic N) is 1. The van der Waals surface area contributed by atoms with Gasteiger partial charge in [-0.15, -0.1) is 0 Å². The zero-order valence-corrected chi connectivity index (χ0v) is 18.5. The van der Waals surface area contributed by atoms with Gasteiger partial charge in [-0.2, -0.15) is 10.2 Å². The van der Waals surface area contributed by atoms with Gasteiger partial charge in [0.05, 0.1) is 12.7 Å². The summed E-state index contributed by atoms with van der Waals surface area (Å²) in [5.74, 6) is 3.47. The number of H-pyrrole nitrogens is 1. The molecular weight excluding hydrogens is 416 g/mol. The molecule has 1 aliphatic carbocycles. The minimum atomic E-state index is -0.572. The smallest absolute Gasteiger partial charge is 0.154 e. The molecule has 0 saturated heterocycles. The predicted octanol–water partition coefficient (Wildman–Crippen LogP) is 3.00. The fourth-order valence-electron chi connectivity index (χ4n) is 4.64. The highest BCUT2D eigenvalue weighted by molar-refractivity contribution is 5.99. The van der Waals surface area contributed by atoms with Crippen LogP contribution in [0, 0.1) is 0 Å². The van der Waals surface area contributed by atoms with Crippen molar-refractivity contribution in [3.8, 4) is 16.9 Å². The standard InChI is InChI=1S/C25H28N6O2/c32-19(15-30-10-9-24-28-25(17-5-6-17)29-31(24)12-11-30)16-33-23-8-7-20(18-13-26-27-14-18)21-3-1-2-4-22(21)23/h1-4,7-8,13-14,17,19,32H,5-6,9-12,15-16H2,(H,26,27). The monoisotopic (exact) mass is 444 g/mol. The highest BCUT2D eigenvalue weighted by Crippen LogP contribution is 2.38. The average Bonchev–Trinajstić information content (AvgIpc) is 3.44. The third kappa shape index (κ3) is 4.24. The molecular formula is C25H28N6O2. The van der Waals surface area contributed by atoms with Gasteiger partial charge in [-0.05, 0) is 35.9 Å². The third-order valence-corrected chi connectivity index (χ3v) is 6.58. The van der Waals surface area contributed by atoms with Crippen molar-refractivity contribution in [3.05, 3.63) is 60.4 Å². The van der Waals surface area contributed by atoms with Crippen LogP contribution in [0.5, 0.6) is 5.75 Å². The molecule has 1 saturated carbocycles. The second-order valence-corrected chi connectivity index (χ2v) is 9.04. The molecule has 2 aromatic carbocycles. The number of aliphatic hydroxyl groups excluding tert-OH is 1. The third-order valence-electron chi connectivity index (χ3n) is 6.58. The first-order valence-electron chi connectivity index (χ1n) is 11.7. The van der Waals surface area contributed by atoms with E-state index in [4.69, 9.17) is 14.8 Å². The van der Waals surface area contributed by atoms with Gasteiger partial charge in [0, 0.05) is 49.1 Å². The number of aliphatic hydroxyl groups is 1. The van der Waals surface area contributed by atoms with Crippen molar-refractivity contribution < 1.29 is 9.84 Å². The van der Waals surface area contributed by atoms with Gasteiger partial charge in [0.1, 0.15) is 24.3 Å². The maximum Gasteiger partial charge on any atom is 0.154 e. The summed E-state index contributed by atoms with van der Waals surface area (Å²) < 4.78 is 8.15. The summed E-state index contributed by atoms with van der Waals surface area (Å²) >= 11 is 0. The Hall–Kier alpha value is -3.23. The summed E-state index contributed by atoms with van der Waals surface area (Å²) in [5, 5.41) is 24.5. The molecule has 8 nitrogen and oxygen atoms in total. The van der Waals surface area contributed by atoms with Crippen LogP contribution in [-0.4, -0.2) is 67.3 Å². The summed E-state index contributed by atoms with van der Waals surface area (Å²) in [6.07, 6.45) is 6.46. The quantitative estimate of drug-likeness (QED) is 0.455. The number of aromatic amines is 1. The largest absolute Gasteiger partial charge is 0.490 e. The van der Waals surface area contributed by atoms with Crippen LogP contribution < -0.4 is 4.74 Å². The number of hydrogen-bond donors (Lipinski definition) is 2. The van der Waals surface area contributed by atoms with Crippen molar-refractivity contribution in [2.45, 2.75) is 37.8 Å². The van der Waals surface area contributed by atoms with Crippen LogP contribution in [0.15, 0.2) is 48.8 Å². The van der Waals surface area contributed by atoms with E-state index in [-0.39, 0.29) is 6.61 Å². The Bertz CT molecular complexity index is 1220. The van der Waals surface area contributed by atoms with Gasteiger partial charge in [0.2, 0.25) is 0 Å². The first kappa shape index (κ1) is 20.4. The van der Waals surface area contributed by atoms with E-state index in [9.17, 15) is 5.11 Å². The maximum atomic E-state index is 10.7. The van der Waals surface area contributed by atoms with Crippen molar-refractivity contribution in [3.63, 3.8) is 0 Å². The first-order chi connectivity index (χ1) is 16.2. The SMILES string of the molecule is OC(COc1ccc(-c2cn[nH]c2)c2ccccc12)CN1CCc2nc(C3CC3)nn2CC1. The maximum absolute atomic E-state index is 10.7. The second-order valence-electron chi connectivity index (χ2n) is 9.04. The summed E-state index contributed by atoms with van der Waals surface area (Å²) in [4.78, 5) is 7.03. The number of nitrogens with zero attached hydrogens (tertiary/aromatic N) is 5. The minimum absolute atomic E-state index is 0.250. The molecule has 2 N–H and O–H groups in total. The Morgan fingerprint density at radius 3 is 2.79 bits per heavy atom. The highest BCUT2D eigenvalue weighted by atomic mass is 16.5. The van der Waals surface area contributed by atoms with Crippen molar-refractivity contribution in [2.24, 2.45) is 0 Å². The number of aromatic nitrogens is 5. The summed E-state index contributed by atoms with van der Waals surface area (Å²) in [7, 11) is 0. The van der Waals surface area contributed by atoms with Crippen LogP contribution >= 0.6 is 0 Å². The number of rotatable bonds is 7. The number of fused-ring (bicyclic) bond motifs is 2. The van der Waals surface area contributed by atoms with Crippen molar-refractivity contribution in [2.75, 3.05) is 26.2 Å². The van der Waals surface area contributed by atoms with Crippen LogP contribution in [0.3, 0.4) is 0 Å². The molecule has 33 heavy (non-hydrogen) atoms. The minimum Gasteiger partial charge on any atom is -0.490 e. The van der Waals surface area contributed by atoms with E-state index in [0.29, 0.717) is 12.5 Å². The normalized spacial score (nSPS) is 17.6. The zero-order chi connectivity index (χ0) is 22.2.